The minimum Gasteiger partial charge on any atom is -0.478 e. The summed E-state index contributed by atoms with van der Waals surface area (Å²) < 4.78 is 5.07. The van der Waals surface area contributed by atoms with Crippen LogP contribution in [0.4, 0.5) is 0 Å². The maximum atomic E-state index is 13.4. The summed E-state index contributed by atoms with van der Waals surface area (Å²) in [4.78, 5) is 42.6. The summed E-state index contributed by atoms with van der Waals surface area (Å²) >= 11 is 0. The number of fused-ring (bicyclic) bond motifs is 2. The lowest BCUT2D eigenvalue weighted by molar-refractivity contribution is 0.0697. The highest BCUT2D eigenvalue weighted by Gasteiger charge is 2.29. The van der Waals surface area contributed by atoms with Gasteiger partial charge in [0.05, 0.1) is 34.0 Å². The number of aromatic nitrogens is 4. The van der Waals surface area contributed by atoms with Crippen LogP contribution in [0.1, 0.15) is 55.3 Å². The highest BCUT2D eigenvalue weighted by molar-refractivity contribution is 5.92. The molecule has 5 rings (SSSR count). The van der Waals surface area contributed by atoms with E-state index in [1.807, 2.05) is 6.07 Å². The van der Waals surface area contributed by atoms with Gasteiger partial charge in [-0.25, -0.2) is 14.6 Å². The zero-order valence-electron chi connectivity index (χ0n) is 18.7. The van der Waals surface area contributed by atoms with Crippen molar-refractivity contribution in [2.45, 2.75) is 52.2 Å². The molecule has 4 aromatic rings. The molecular formula is C25H26N4O4. The number of carbonyl (C=O) groups is 1. The number of hydrogen-bond acceptors (Lipinski definition) is 4. The van der Waals surface area contributed by atoms with E-state index >= 15 is 0 Å². The molecule has 0 spiro atoms. The van der Waals surface area contributed by atoms with Crippen molar-refractivity contribution < 1.29 is 9.90 Å². The van der Waals surface area contributed by atoms with Gasteiger partial charge < -0.3 is 9.67 Å². The molecule has 170 valence electrons. The summed E-state index contributed by atoms with van der Waals surface area (Å²) in [5.41, 5.74) is 1.61. The fourth-order valence-electron chi connectivity index (χ4n) is 4.36. The molecule has 1 fully saturated rings. The second-order valence-electron chi connectivity index (χ2n) is 9.16. The van der Waals surface area contributed by atoms with E-state index in [0.717, 1.165) is 24.8 Å². The van der Waals surface area contributed by atoms with Crippen molar-refractivity contribution in [3.63, 3.8) is 0 Å². The molecule has 33 heavy (non-hydrogen) atoms. The summed E-state index contributed by atoms with van der Waals surface area (Å²) in [7, 11) is 0. The quantitative estimate of drug-likeness (QED) is 0.467. The Hall–Kier alpha value is -3.68. The fourth-order valence-corrected chi connectivity index (χ4v) is 4.36. The zero-order valence-corrected chi connectivity index (χ0v) is 18.7. The number of nitrogens with zero attached hydrogens (tertiary/aromatic N) is 4. The third-order valence-electron chi connectivity index (χ3n) is 6.30. The monoisotopic (exact) mass is 446 g/mol. The van der Waals surface area contributed by atoms with E-state index in [0.29, 0.717) is 34.7 Å². The number of hydrogen-bond donors (Lipinski definition) is 1. The van der Waals surface area contributed by atoms with Gasteiger partial charge in [0.1, 0.15) is 5.82 Å². The average Bonchev–Trinajstić information content (AvgIpc) is 3.56. The van der Waals surface area contributed by atoms with Crippen molar-refractivity contribution in [3.8, 4) is 0 Å². The van der Waals surface area contributed by atoms with E-state index in [4.69, 9.17) is 4.98 Å². The van der Waals surface area contributed by atoms with Gasteiger partial charge >= 0.3 is 11.7 Å². The minimum atomic E-state index is -1.01. The second-order valence-corrected chi connectivity index (χ2v) is 9.16. The zero-order chi connectivity index (χ0) is 23.3. The van der Waals surface area contributed by atoms with Crippen molar-refractivity contribution in [2.75, 3.05) is 0 Å². The van der Waals surface area contributed by atoms with Crippen LogP contribution in [0.3, 0.4) is 0 Å². The van der Waals surface area contributed by atoms with Gasteiger partial charge in [-0.3, -0.25) is 13.9 Å². The molecule has 0 amide bonds. The largest absolute Gasteiger partial charge is 0.478 e. The Kier molecular flexibility index (Phi) is 5.15. The molecule has 1 saturated carbocycles. The van der Waals surface area contributed by atoms with Crippen LogP contribution in [0.15, 0.2) is 52.1 Å². The van der Waals surface area contributed by atoms with Crippen LogP contribution in [0.2, 0.25) is 0 Å². The predicted octanol–water partition coefficient (Wildman–Crippen LogP) is 3.64. The Labute approximate surface area is 189 Å². The molecule has 8 heteroatoms. The van der Waals surface area contributed by atoms with Crippen LogP contribution in [0.5, 0.6) is 0 Å². The first kappa shape index (κ1) is 21.2. The standard InChI is InChI=1S/C25H26N4O4/c1-15(2)11-12-27-21-10-7-16(24(31)32)13-19(21)26-22(27)14-28-20-6-4-3-5-18(20)23(30)29(25(28)33)17-8-9-17/h3-7,10,13,15,17H,8-9,11-12,14H2,1-2H3,(H,31,32). The summed E-state index contributed by atoms with van der Waals surface area (Å²) in [6, 6.07) is 12.1. The van der Waals surface area contributed by atoms with Crippen molar-refractivity contribution >= 4 is 27.9 Å². The molecule has 2 aromatic carbocycles. The van der Waals surface area contributed by atoms with Crippen molar-refractivity contribution in [2.24, 2.45) is 5.92 Å². The molecule has 8 nitrogen and oxygen atoms in total. The van der Waals surface area contributed by atoms with E-state index in [2.05, 4.69) is 18.4 Å². The summed E-state index contributed by atoms with van der Waals surface area (Å²) in [5.74, 6) is 0.129. The van der Waals surface area contributed by atoms with E-state index in [1.54, 1.807) is 41.0 Å². The van der Waals surface area contributed by atoms with Gasteiger partial charge in [0.2, 0.25) is 0 Å². The molecule has 2 aromatic heterocycles. The normalized spacial score (nSPS) is 13.9. The highest BCUT2D eigenvalue weighted by atomic mass is 16.4. The number of para-hydroxylation sites is 1. The smallest absolute Gasteiger partial charge is 0.335 e. The Balaban J connectivity index is 1.70. The number of benzene rings is 2. The van der Waals surface area contributed by atoms with Crippen molar-refractivity contribution in [1.29, 1.82) is 0 Å². The van der Waals surface area contributed by atoms with Gasteiger partial charge in [0.25, 0.3) is 5.56 Å². The van der Waals surface area contributed by atoms with Crippen LogP contribution in [-0.2, 0) is 13.1 Å². The average molecular weight is 447 g/mol. The molecule has 1 aliphatic carbocycles. The topological polar surface area (TPSA) is 99.1 Å². The molecule has 0 atom stereocenters. The second kappa shape index (κ2) is 8.03. The lowest BCUT2D eigenvalue weighted by Crippen LogP contribution is -2.40. The van der Waals surface area contributed by atoms with Gasteiger partial charge in [-0.1, -0.05) is 26.0 Å². The van der Waals surface area contributed by atoms with E-state index in [9.17, 15) is 19.5 Å². The van der Waals surface area contributed by atoms with Crippen LogP contribution < -0.4 is 11.2 Å². The Bertz CT molecular complexity index is 1500. The van der Waals surface area contributed by atoms with Crippen LogP contribution in [0.25, 0.3) is 21.9 Å². The number of carboxylic acids is 1. The van der Waals surface area contributed by atoms with E-state index < -0.39 is 5.97 Å². The van der Waals surface area contributed by atoms with Gasteiger partial charge in [-0.2, -0.15) is 0 Å². The number of imidazole rings is 1. The van der Waals surface area contributed by atoms with Gasteiger partial charge in [-0.05, 0) is 55.5 Å². The molecule has 0 radical (unpaired) electrons. The fraction of sp³-hybridized carbons (Fsp3) is 0.360. The molecule has 0 unspecified atom stereocenters. The third kappa shape index (κ3) is 3.75. The van der Waals surface area contributed by atoms with Gasteiger partial charge in [0, 0.05) is 12.6 Å². The first-order valence-electron chi connectivity index (χ1n) is 11.3. The van der Waals surface area contributed by atoms with Crippen LogP contribution in [0, 0.1) is 5.92 Å². The lowest BCUT2D eigenvalue weighted by Gasteiger charge is -2.15. The van der Waals surface area contributed by atoms with Gasteiger partial charge in [-0.15, -0.1) is 0 Å². The molecular weight excluding hydrogens is 420 g/mol. The molecule has 0 aliphatic heterocycles. The van der Waals surface area contributed by atoms with Crippen LogP contribution >= 0.6 is 0 Å². The number of carboxylic acid groups (broad SMARTS) is 1. The first-order valence-corrected chi connectivity index (χ1v) is 11.3. The maximum Gasteiger partial charge on any atom is 0.335 e. The number of rotatable bonds is 7. The number of aryl methyl sites for hydroxylation is 1. The van der Waals surface area contributed by atoms with Crippen LogP contribution in [-0.4, -0.2) is 29.8 Å². The highest BCUT2D eigenvalue weighted by Crippen LogP contribution is 2.32. The Morgan fingerprint density at radius 1 is 1.09 bits per heavy atom. The summed E-state index contributed by atoms with van der Waals surface area (Å²) in [5, 5.41) is 9.90. The first-order chi connectivity index (χ1) is 15.8. The number of aromatic carboxylic acids is 1. The maximum absolute atomic E-state index is 13.4. The summed E-state index contributed by atoms with van der Waals surface area (Å²) in [6.07, 6.45) is 2.58. The Morgan fingerprint density at radius 2 is 1.85 bits per heavy atom. The predicted molar refractivity (Wildman–Crippen MR) is 126 cm³/mol. The molecule has 1 N–H and O–H groups in total. The summed E-state index contributed by atoms with van der Waals surface area (Å²) in [6.45, 7) is 5.18. The molecule has 1 aliphatic rings. The molecule has 2 heterocycles. The minimum absolute atomic E-state index is 0.0428. The molecule has 0 bridgehead atoms. The SMILES string of the molecule is CC(C)CCn1c(Cn2c(=O)n(C3CC3)c(=O)c3ccccc32)nc2cc(C(=O)O)ccc21. The van der Waals surface area contributed by atoms with E-state index in [1.165, 1.54) is 4.57 Å². The lowest BCUT2D eigenvalue weighted by atomic mass is 10.1. The van der Waals surface area contributed by atoms with Crippen molar-refractivity contribution in [1.82, 2.24) is 18.7 Å². The van der Waals surface area contributed by atoms with E-state index in [-0.39, 0.29) is 29.4 Å². The Morgan fingerprint density at radius 3 is 2.55 bits per heavy atom. The van der Waals surface area contributed by atoms with Crippen molar-refractivity contribution in [3.05, 3.63) is 74.7 Å². The molecule has 0 saturated heterocycles. The van der Waals surface area contributed by atoms with Gasteiger partial charge in [0.15, 0.2) is 0 Å². The third-order valence-corrected chi connectivity index (χ3v) is 6.30.